The lowest BCUT2D eigenvalue weighted by Crippen LogP contribution is -2.49. The van der Waals surface area contributed by atoms with E-state index in [0.29, 0.717) is 17.9 Å². The van der Waals surface area contributed by atoms with Crippen molar-refractivity contribution in [3.63, 3.8) is 0 Å². The Balaban J connectivity index is 2.17. The van der Waals surface area contributed by atoms with Gasteiger partial charge in [0.2, 0.25) is 5.91 Å². The normalized spacial score (nSPS) is 11.6. The van der Waals surface area contributed by atoms with Crippen LogP contribution in [0.5, 0.6) is 5.75 Å². The molecule has 2 aromatic rings. The van der Waals surface area contributed by atoms with Gasteiger partial charge in [-0.2, -0.15) is 0 Å². The molecule has 156 valence electrons. The Labute approximate surface area is 179 Å². The van der Waals surface area contributed by atoms with Gasteiger partial charge in [-0.15, -0.1) is 0 Å². The van der Waals surface area contributed by atoms with Crippen molar-refractivity contribution in [3.8, 4) is 5.75 Å². The highest BCUT2D eigenvalue weighted by atomic mass is 79.9. The molecule has 1 atom stereocenters. The van der Waals surface area contributed by atoms with Crippen molar-refractivity contribution >= 4 is 27.7 Å². The van der Waals surface area contributed by atoms with E-state index in [2.05, 4.69) is 28.2 Å². The standard InChI is InChI=1S/C22H26BrFN2O3/c1-4-16-10-11-20(18(23)12-16)29-14-21(27)26(15(3)22(28)25-5-2)13-17-8-6-7-9-19(17)24/h6-12,15H,4-5,13-14H2,1-3H3,(H,25,28). The van der Waals surface area contributed by atoms with Crippen molar-refractivity contribution in [3.05, 3.63) is 63.9 Å². The second kappa shape index (κ2) is 11.0. The van der Waals surface area contributed by atoms with E-state index in [9.17, 15) is 14.0 Å². The maximum atomic E-state index is 14.1. The topological polar surface area (TPSA) is 58.6 Å². The van der Waals surface area contributed by atoms with Gasteiger partial charge in [0.1, 0.15) is 17.6 Å². The number of nitrogens with one attached hydrogen (secondary N) is 1. The molecule has 7 heteroatoms. The molecule has 0 radical (unpaired) electrons. The number of benzene rings is 2. The third kappa shape index (κ3) is 6.29. The van der Waals surface area contributed by atoms with Gasteiger partial charge in [0.05, 0.1) is 4.47 Å². The van der Waals surface area contributed by atoms with Crippen LogP contribution in [-0.4, -0.2) is 35.9 Å². The second-order valence-electron chi connectivity index (χ2n) is 6.59. The number of amides is 2. The Morgan fingerprint density at radius 1 is 1.21 bits per heavy atom. The van der Waals surface area contributed by atoms with Crippen LogP contribution < -0.4 is 10.1 Å². The fourth-order valence-corrected chi connectivity index (χ4v) is 3.36. The van der Waals surface area contributed by atoms with E-state index in [1.807, 2.05) is 12.1 Å². The molecule has 0 spiro atoms. The lowest BCUT2D eigenvalue weighted by atomic mass is 10.1. The van der Waals surface area contributed by atoms with Crippen LogP contribution in [0.2, 0.25) is 0 Å². The van der Waals surface area contributed by atoms with Crippen molar-refractivity contribution < 1.29 is 18.7 Å². The van der Waals surface area contributed by atoms with Crippen molar-refractivity contribution in [1.82, 2.24) is 10.2 Å². The lowest BCUT2D eigenvalue weighted by molar-refractivity contribution is -0.142. The van der Waals surface area contributed by atoms with Crippen LogP contribution in [0.4, 0.5) is 4.39 Å². The Hall–Kier alpha value is -2.41. The Bertz CT molecular complexity index is 860. The fraction of sp³-hybridized carbons (Fsp3) is 0.364. The molecular formula is C22H26BrFN2O3. The molecule has 2 rings (SSSR count). The number of halogens is 2. The van der Waals surface area contributed by atoms with Crippen LogP contribution in [-0.2, 0) is 22.6 Å². The number of carbonyl (C=O) groups excluding carboxylic acids is 2. The molecule has 0 saturated heterocycles. The summed E-state index contributed by atoms with van der Waals surface area (Å²) in [6.45, 7) is 5.63. The number of aryl methyl sites for hydroxylation is 1. The summed E-state index contributed by atoms with van der Waals surface area (Å²) in [5, 5.41) is 2.70. The minimum atomic E-state index is -0.767. The predicted octanol–water partition coefficient (Wildman–Crippen LogP) is 4.08. The van der Waals surface area contributed by atoms with E-state index in [1.54, 1.807) is 38.1 Å². The number of rotatable bonds is 9. The first-order chi connectivity index (χ1) is 13.9. The average molecular weight is 465 g/mol. The predicted molar refractivity (Wildman–Crippen MR) is 114 cm³/mol. The van der Waals surface area contributed by atoms with Crippen LogP contribution in [0, 0.1) is 5.82 Å². The largest absolute Gasteiger partial charge is 0.483 e. The molecule has 2 amide bonds. The number of nitrogens with zero attached hydrogens (tertiary/aromatic N) is 1. The van der Waals surface area contributed by atoms with Crippen LogP contribution >= 0.6 is 15.9 Å². The number of hydrogen-bond donors (Lipinski definition) is 1. The van der Waals surface area contributed by atoms with Crippen molar-refractivity contribution in [2.75, 3.05) is 13.2 Å². The van der Waals surface area contributed by atoms with Crippen LogP contribution in [0.15, 0.2) is 46.9 Å². The van der Waals surface area contributed by atoms with E-state index < -0.39 is 17.8 Å². The van der Waals surface area contributed by atoms with E-state index in [4.69, 9.17) is 4.74 Å². The summed E-state index contributed by atoms with van der Waals surface area (Å²) in [5.74, 6) is -0.594. The summed E-state index contributed by atoms with van der Waals surface area (Å²) in [7, 11) is 0. The highest BCUT2D eigenvalue weighted by molar-refractivity contribution is 9.10. The molecule has 0 heterocycles. The molecule has 0 saturated carbocycles. The number of carbonyl (C=O) groups is 2. The van der Waals surface area contributed by atoms with E-state index >= 15 is 0 Å². The Morgan fingerprint density at radius 3 is 2.55 bits per heavy atom. The van der Waals surface area contributed by atoms with Crippen molar-refractivity contribution in [1.29, 1.82) is 0 Å². The zero-order valence-corrected chi connectivity index (χ0v) is 18.5. The highest BCUT2D eigenvalue weighted by Gasteiger charge is 2.27. The number of likely N-dealkylation sites (N-methyl/N-ethyl adjacent to an activating group) is 1. The van der Waals surface area contributed by atoms with E-state index in [1.165, 1.54) is 11.0 Å². The summed E-state index contributed by atoms with van der Waals surface area (Å²) in [6, 6.07) is 11.1. The average Bonchev–Trinajstić information content (AvgIpc) is 2.71. The number of hydrogen-bond acceptors (Lipinski definition) is 3. The Morgan fingerprint density at radius 2 is 1.93 bits per heavy atom. The second-order valence-corrected chi connectivity index (χ2v) is 7.44. The molecule has 1 N–H and O–H groups in total. The summed E-state index contributed by atoms with van der Waals surface area (Å²) in [5.41, 5.74) is 1.48. The molecule has 0 aromatic heterocycles. The van der Waals surface area contributed by atoms with Gasteiger partial charge < -0.3 is 15.0 Å². The van der Waals surface area contributed by atoms with Gasteiger partial charge in [0, 0.05) is 18.7 Å². The quantitative estimate of drug-likeness (QED) is 0.607. The first kappa shape index (κ1) is 22.9. The SMILES string of the molecule is CCNC(=O)C(C)N(Cc1ccccc1F)C(=O)COc1ccc(CC)cc1Br. The summed E-state index contributed by atoms with van der Waals surface area (Å²) in [4.78, 5) is 26.5. The smallest absolute Gasteiger partial charge is 0.261 e. The number of ether oxygens (including phenoxy) is 1. The summed E-state index contributed by atoms with van der Waals surface area (Å²) in [6.07, 6.45) is 0.887. The maximum absolute atomic E-state index is 14.1. The van der Waals surface area contributed by atoms with Gasteiger partial charge in [-0.25, -0.2) is 4.39 Å². The molecule has 2 aromatic carbocycles. The van der Waals surface area contributed by atoms with Crippen molar-refractivity contribution in [2.45, 2.75) is 39.8 Å². The minimum Gasteiger partial charge on any atom is -0.483 e. The fourth-order valence-electron chi connectivity index (χ4n) is 2.82. The molecule has 0 fully saturated rings. The molecule has 29 heavy (non-hydrogen) atoms. The van der Waals surface area contributed by atoms with Crippen LogP contribution in [0.25, 0.3) is 0 Å². The first-order valence-corrected chi connectivity index (χ1v) is 10.4. The van der Waals surface area contributed by atoms with Gasteiger partial charge in [-0.3, -0.25) is 9.59 Å². The van der Waals surface area contributed by atoms with Gasteiger partial charge in [0.25, 0.3) is 5.91 Å². The van der Waals surface area contributed by atoms with Gasteiger partial charge in [0.15, 0.2) is 6.61 Å². The Kier molecular flexibility index (Phi) is 8.64. The monoisotopic (exact) mass is 464 g/mol. The molecular weight excluding hydrogens is 439 g/mol. The minimum absolute atomic E-state index is 0.0247. The molecule has 0 aliphatic heterocycles. The van der Waals surface area contributed by atoms with E-state index in [0.717, 1.165) is 16.5 Å². The lowest BCUT2D eigenvalue weighted by Gasteiger charge is -2.28. The first-order valence-electron chi connectivity index (χ1n) is 9.59. The van der Waals surface area contributed by atoms with Crippen molar-refractivity contribution in [2.24, 2.45) is 0 Å². The summed E-state index contributed by atoms with van der Waals surface area (Å²) >= 11 is 3.45. The molecule has 1 unspecified atom stereocenters. The zero-order chi connectivity index (χ0) is 21.4. The van der Waals surface area contributed by atoms with Gasteiger partial charge in [-0.05, 0) is 60.0 Å². The van der Waals surface area contributed by atoms with Gasteiger partial charge in [-0.1, -0.05) is 31.2 Å². The van der Waals surface area contributed by atoms with Crippen LogP contribution in [0.3, 0.4) is 0 Å². The van der Waals surface area contributed by atoms with E-state index in [-0.39, 0.29) is 19.1 Å². The zero-order valence-electron chi connectivity index (χ0n) is 16.9. The maximum Gasteiger partial charge on any atom is 0.261 e. The molecule has 0 aliphatic carbocycles. The highest BCUT2D eigenvalue weighted by Crippen LogP contribution is 2.26. The van der Waals surface area contributed by atoms with Crippen LogP contribution in [0.1, 0.15) is 31.9 Å². The summed E-state index contributed by atoms with van der Waals surface area (Å²) < 4.78 is 20.6. The van der Waals surface area contributed by atoms with Gasteiger partial charge >= 0.3 is 0 Å². The third-order valence-electron chi connectivity index (χ3n) is 4.57. The molecule has 0 bridgehead atoms. The molecule has 0 aliphatic rings. The third-order valence-corrected chi connectivity index (χ3v) is 5.19. The molecule has 5 nitrogen and oxygen atoms in total.